The predicted octanol–water partition coefficient (Wildman–Crippen LogP) is 1.34. The highest BCUT2D eigenvalue weighted by molar-refractivity contribution is 5.85. The molecule has 0 aliphatic rings. The van der Waals surface area contributed by atoms with Crippen LogP contribution in [0.4, 0.5) is 0 Å². The molecule has 3 N–H and O–H groups in total. The molecule has 1 aromatic carbocycles. The summed E-state index contributed by atoms with van der Waals surface area (Å²) in [7, 11) is 0. The fraction of sp³-hybridized carbons (Fsp3) is 0.385. The van der Waals surface area contributed by atoms with Crippen LogP contribution in [0.25, 0.3) is 0 Å². The number of hydrogen-bond donors (Lipinski definition) is 3. The number of carboxylic acid groups (broad SMARTS) is 2. The van der Waals surface area contributed by atoms with Gasteiger partial charge in [0.1, 0.15) is 6.04 Å². The van der Waals surface area contributed by atoms with E-state index in [0.717, 1.165) is 5.56 Å². The Morgan fingerprint density at radius 3 is 2.22 bits per heavy atom. The molecule has 5 nitrogen and oxygen atoms in total. The summed E-state index contributed by atoms with van der Waals surface area (Å²) >= 11 is 0. The monoisotopic (exact) mass is 251 g/mol. The molecule has 0 saturated heterocycles. The third-order valence-electron chi connectivity index (χ3n) is 2.87. The van der Waals surface area contributed by atoms with Crippen LogP contribution in [-0.2, 0) is 16.1 Å². The van der Waals surface area contributed by atoms with Gasteiger partial charge in [-0.05, 0) is 19.4 Å². The highest BCUT2D eigenvalue weighted by Gasteiger charge is 2.41. The van der Waals surface area contributed by atoms with Crippen molar-refractivity contribution in [1.82, 2.24) is 5.32 Å². The quantitative estimate of drug-likeness (QED) is 0.710. The van der Waals surface area contributed by atoms with Crippen LogP contribution in [0.15, 0.2) is 30.3 Å². The van der Waals surface area contributed by atoms with Crippen molar-refractivity contribution in [2.75, 3.05) is 0 Å². The zero-order valence-electron chi connectivity index (χ0n) is 10.4. The molecule has 0 heterocycles. The molecule has 0 aliphatic heterocycles. The highest BCUT2D eigenvalue weighted by Crippen LogP contribution is 2.21. The fourth-order valence-electron chi connectivity index (χ4n) is 1.59. The van der Waals surface area contributed by atoms with Gasteiger partial charge in [-0.25, -0.2) is 0 Å². The summed E-state index contributed by atoms with van der Waals surface area (Å²) in [5.74, 6) is -2.31. The first kappa shape index (κ1) is 14.2. The van der Waals surface area contributed by atoms with Crippen LogP contribution >= 0.6 is 0 Å². The van der Waals surface area contributed by atoms with Crippen LogP contribution < -0.4 is 5.32 Å². The van der Waals surface area contributed by atoms with E-state index in [0.29, 0.717) is 6.54 Å². The van der Waals surface area contributed by atoms with Crippen LogP contribution in [0.2, 0.25) is 0 Å². The minimum Gasteiger partial charge on any atom is -0.481 e. The van der Waals surface area contributed by atoms with Gasteiger partial charge in [-0.3, -0.25) is 14.9 Å². The van der Waals surface area contributed by atoms with E-state index in [2.05, 4.69) is 5.32 Å². The third kappa shape index (κ3) is 3.30. The Kier molecular flexibility index (Phi) is 4.44. The van der Waals surface area contributed by atoms with Crippen molar-refractivity contribution in [2.24, 2.45) is 5.41 Å². The molecule has 0 aromatic heterocycles. The van der Waals surface area contributed by atoms with E-state index in [4.69, 9.17) is 10.2 Å². The Bertz CT molecular complexity index is 428. The zero-order valence-corrected chi connectivity index (χ0v) is 10.4. The standard InChI is InChI=1S/C13H17NO4/c1-13(2,12(17)18)10(11(15)16)14-8-9-6-4-3-5-7-9/h3-7,10,14H,8H2,1-2H3,(H,15,16)(H,17,18)/t10-/m1/s1. The lowest BCUT2D eigenvalue weighted by molar-refractivity contribution is -0.156. The van der Waals surface area contributed by atoms with E-state index in [1.807, 2.05) is 30.3 Å². The SMILES string of the molecule is CC(C)(C(=O)O)[C@H](NCc1ccccc1)C(=O)O. The number of hydrogen-bond acceptors (Lipinski definition) is 3. The molecule has 0 saturated carbocycles. The Morgan fingerprint density at radius 1 is 1.22 bits per heavy atom. The number of carboxylic acids is 2. The van der Waals surface area contributed by atoms with Gasteiger partial charge in [0.2, 0.25) is 0 Å². The molecule has 18 heavy (non-hydrogen) atoms. The highest BCUT2D eigenvalue weighted by atomic mass is 16.4. The lowest BCUT2D eigenvalue weighted by Gasteiger charge is -2.27. The smallest absolute Gasteiger partial charge is 0.321 e. The molecule has 0 radical (unpaired) electrons. The number of aliphatic carboxylic acids is 2. The van der Waals surface area contributed by atoms with E-state index in [9.17, 15) is 9.59 Å². The third-order valence-corrected chi connectivity index (χ3v) is 2.87. The Balaban J connectivity index is 2.77. The molecule has 0 bridgehead atoms. The molecule has 98 valence electrons. The molecule has 0 unspecified atom stereocenters. The average molecular weight is 251 g/mol. The van der Waals surface area contributed by atoms with Crippen LogP contribution in [0.1, 0.15) is 19.4 Å². The summed E-state index contributed by atoms with van der Waals surface area (Å²) < 4.78 is 0. The van der Waals surface area contributed by atoms with Crippen molar-refractivity contribution >= 4 is 11.9 Å². The molecule has 1 aromatic rings. The zero-order chi connectivity index (χ0) is 13.8. The van der Waals surface area contributed by atoms with Crippen molar-refractivity contribution in [3.8, 4) is 0 Å². The molecule has 0 amide bonds. The number of benzene rings is 1. The molecule has 0 spiro atoms. The van der Waals surface area contributed by atoms with E-state index >= 15 is 0 Å². The summed E-state index contributed by atoms with van der Waals surface area (Å²) in [6.07, 6.45) is 0. The van der Waals surface area contributed by atoms with Crippen LogP contribution in [-0.4, -0.2) is 28.2 Å². The first-order valence-electron chi connectivity index (χ1n) is 5.59. The minimum atomic E-state index is -1.37. The molecule has 5 heteroatoms. The van der Waals surface area contributed by atoms with Gasteiger partial charge in [0.15, 0.2) is 0 Å². The molecule has 1 rings (SSSR count). The Hall–Kier alpha value is -1.88. The molecule has 0 aliphatic carbocycles. The van der Waals surface area contributed by atoms with Gasteiger partial charge < -0.3 is 10.2 Å². The van der Waals surface area contributed by atoms with Gasteiger partial charge in [0, 0.05) is 6.54 Å². The lowest BCUT2D eigenvalue weighted by atomic mass is 9.84. The predicted molar refractivity (Wildman–Crippen MR) is 66.1 cm³/mol. The molecule has 0 fully saturated rings. The van der Waals surface area contributed by atoms with E-state index < -0.39 is 23.4 Å². The van der Waals surface area contributed by atoms with E-state index in [1.165, 1.54) is 13.8 Å². The number of nitrogens with one attached hydrogen (secondary N) is 1. The summed E-state index contributed by atoms with van der Waals surface area (Å²) in [5, 5.41) is 20.9. The van der Waals surface area contributed by atoms with Crippen LogP contribution in [0.5, 0.6) is 0 Å². The fourth-order valence-corrected chi connectivity index (χ4v) is 1.59. The van der Waals surface area contributed by atoms with Gasteiger partial charge in [0.25, 0.3) is 0 Å². The van der Waals surface area contributed by atoms with Gasteiger partial charge in [-0.1, -0.05) is 30.3 Å². The number of rotatable bonds is 6. The second-order valence-electron chi connectivity index (χ2n) is 4.66. The number of carbonyl (C=O) groups is 2. The maximum absolute atomic E-state index is 11.1. The van der Waals surface area contributed by atoms with E-state index in [-0.39, 0.29) is 0 Å². The van der Waals surface area contributed by atoms with Crippen LogP contribution in [0, 0.1) is 5.41 Å². The van der Waals surface area contributed by atoms with Crippen molar-refractivity contribution in [2.45, 2.75) is 26.4 Å². The van der Waals surface area contributed by atoms with Gasteiger partial charge >= 0.3 is 11.9 Å². The maximum atomic E-state index is 11.1. The molecular formula is C13H17NO4. The van der Waals surface area contributed by atoms with Crippen molar-refractivity contribution < 1.29 is 19.8 Å². The second-order valence-corrected chi connectivity index (χ2v) is 4.66. The average Bonchev–Trinajstić information content (AvgIpc) is 2.29. The van der Waals surface area contributed by atoms with Gasteiger partial charge in [0.05, 0.1) is 5.41 Å². The van der Waals surface area contributed by atoms with Crippen molar-refractivity contribution in [3.05, 3.63) is 35.9 Å². The minimum absolute atomic E-state index is 0.314. The van der Waals surface area contributed by atoms with Crippen molar-refractivity contribution in [3.63, 3.8) is 0 Å². The Labute approximate surface area is 105 Å². The van der Waals surface area contributed by atoms with Crippen LogP contribution in [0.3, 0.4) is 0 Å². The maximum Gasteiger partial charge on any atom is 0.321 e. The lowest BCUT2D eigenvalue weighted by Crippen LogP contribution is -2.51. The summed E-state index contributed by atoms with van der Waals surface area (Å²) in [6, 6.07) is 8.10. The largest absolute Gasteiger partial charge is 0.481 e. The molecular weight excluding hydrogens is 234 g/mol. The summed E-state index contributed by atoms with van der Waals surface area (Å²) in [4.78, 5) is 22.2. The summed E-state index contributed by atoms with van der Waals surface area (Å²) in [6.45, 7) is 3.10. The first-order valence-corrected chi connectivity index (χ1v) is 5.59. The van der Waals surface area contributed by atoms with Crippen molar-refractivity contribution in [1.29, 1.82) is 0 Å². The summed E-state index contributed by atoms with van der Waals surface area (Å²) in [5.41, 5.74) is -0.467. The first-order chi connectivity index (χ1) is 8.35. The normalized spacial score (nSPS) is 13.0. The second kappa shape index (κ2) is 5.64. The Morgan fingerprint density at radius 2 is 1.78 bits per heavy atom. The van der Waals surface area contributed by atoms with Gasteiger partial charge in [-0.15, -0.1) is 0 Å². The van der Waals surface area contributed by atoms with E-state index in [1.54, 1.807) is 0 Å². The molecule has 1 atom stereocenters. The van der Waals surface area contributed by atoms with Gasteiger partial charge in [-0.2, -0.15) is 0 Å². The topological polar surface area (TPSA) is 86.6 Å².